The van der Waals surface area contributed by atoms with Gasteiger partial charge >= 0.3 is 18.0 Å². The predicted molar refractivity (Wildman–Crippen MR) is 177 cm³/mol. The van der Waals surface area contributed by atoms with Gasteiger partial charge in [0.1, 0.15) is 28.3 Å². The average molecular weight is 719 g/mol. The molecule has 0 aromatic carbocycles. The number of nitrogens with two attached hydrogens (primary N) is 1. The topological polar surface area (TPSA) is 221 Å². The number of aliphatic carboxylic acids is 1. The van der Waals surface area contributed by atoms with Gasteiger partial charge in [-0.25, -0.2) is 19.4 Å². The minimum Gasteiger partial charge on any atom is -0.480 e. The maximum Gasteiger partial charge on any atom is 0.407 e. The number of ether oxygens (including phenoxy) is 3. The van der Waals surface area contributed by atoms with Crippen LogP contribution in [0.15, 0.2) is 10.5 Å². The molecule has 0 radical (unpaired) electrons. The third kappa shape index (κ3) is 9.86. The second kappa shape index (κ2) is 14.4. The molecule has 262 valence electrons. The lowest BCUT2D eigenvalue weighted by molar-refractivity contribution is -0.179. The highest BCUT2D eigenvalue weighted by Gasteiger charge is 2.63. The van der Waals surface area contributed by atoms with Crippen molar-refractivity contribution < 1.29 is 48.1 Å². The van der Waals surface area contributed by atoms with Crippen molar-refractivity contribution in [1.82, 2.24) is 20.5 Å². The van der Waals surface area contributed by atoms with Crippen LogP contribution in [0.1, 0.15) is 61.1 Å². The Balaban J connectivity index is 1.75. The molecule has 2 aliphatic rings. The third-order valence-corrected chi connectivity index (χ3v) is 10.4. The normalized spacial score (nSPS) is 22.1. The summed E-state index contributed by atoms with van der Waals surface area (Å²) in [6.07, 6.45) is -0.678. The number of carboxylic acids is 1. The fourth-order valence-electron chi connectivity index (χ4n) is 4.12. The number of oxime groups is 1. The Kier molecular flexibility index (Phi) is 11.7. The first kappa shape index (κ1) is 38.2. The highest BCUT2D eigenvalue weighted by atomic mass is 32.2. The number of alkyl carbamates (subject to hydrolysis) is 1. The SMILES string of the molecule is COCC(CS[C@]1(C(=O)O)CN2C(=O)[C@@H](NC(=O)/C(=N\OC(C)(C)C(=O)OC(C)(C)C)c3csc(N)n3)[C@H]2S1)NC(=O)OC(C)(C)C. The van der Waals surface area contributed by atoms with E-state index in [2.05, 4.69) is 20.8 Å². The lowest BCUT2D eigenvalue weighted by Gasteiger charge is -2.41. The Bertz CT molecular complexity index is 1410. The van der Waals surface area contributed by atoms with Gasteiger partial charge in [0.15, 0.2) is 14.9 Å². The Morgan fingerprint density at radius 3 is 2.34 bits per heavy atom. The number of rotatable bonds is 13. The first-order valence-corrected chi connectivity index (χ1v) is 17.2. The zero-order chi connectivity index (χ0) is 35.5. The number of nitrogens with one attached hydrogen (secondary N) is 2. The minimum atomic E-state index is -1.60. The van der Waals surface area contributed by atoms with E-state index in [1.807, 2.05) is 0 Å². The van der Waals surface area contributed by atoms with Gasteiger partial charge in [-0.05, 0) is 55.4 Å². The summed E-state index contributed by atoms with van der Waals surface area (Å²) in [4.78, 5) is 75.2. The van der Waals surface area contributed by atoms with Crippen LogP contribution in [0.3, 0.4) is 0 Å². The third-order valence-electron chi connectivity index (χ3n) is 6.29. The number of nitrogen functional groups attached to an aromatic ring is 1. The van der Waals surface area contributed by atoms with Gasteiger partial charge in [0.05, 0.1) is 19.2 Å². The molecule has 0 aliphatic carbocycles. The fraction of sp³-hybridized carbons (Fsp3) is 0.679. The number of methoxy groups -OCH3 is 1. The van der Waals surface area contributed by atoms with Gasteiger partial charge in [0.25, 0.3) is 5.91 Å². The molecule has 4 atom stereocenters. The van der Waals surface area contributed by atoms with E-state index in [4.69, 9.17) is 24.8 Å². The van der Waals surface area contributed by atoms with E-state index in [0.717, 1.165) is 34.9 Å². The highest BCUT2D eigenvalue weighted by Crippen LogP contribution is 2.52. The van der Waals surface area contributed by atoms with Gasteiger partial charge in [0, 0.05) is 18.2 Å². The number of nitrogens with zero attached hydrogens (tertiary/aromatic N) is 3. The quantitative estimate of drug-likeness (QED) is 0.0993. The smallest absolute Gasteiger partial charge is 0.407 e. The summed E-state index contributed by atoms with van der Waals surface area (Å²) < 4.78 is 14.4. The van der Waals surface area contributed by atoms with Crippen molar-refractivity contribution in [3.8, 4) is 0 Å². The van der Waals surface area contributed by atoms with Crippen LogP contribution < -0.4 is 16.4 Å². The summed E-state index contributed by atoms with van der Waals surface area (Å²) in [5.74, 6) is -3.12. The number of carbonyl (C=O) groups is 5. The van der Waals surface area contributed by atoms with Crippen LogP contribution in [-0.2, 0) is 38.2 Å². The van der Waals surface area contributed by atoms with Crippen LogP contribution in [0.2, 0.25) is 0 Å². The van der Waals surface area contributed by atoms with E-state index in [-0.39, 0.29) is 35.4 Å². The molecule has 1 aromatic rings. The first-order valence-electron chi connectivity index (χ1n) is 14.4. The summed E-state index contributed by atoms with van der Waals surface area (Å²) in [7, 11) is 1.45. The molecule has 1 aromatic heterocycles. The molecular formula is C28H42N6O10S3. The number of thioether (sulfide) groups is 2. The van der Waals surface area contributed by atoms with Gasteiger partial charge in [-0.1, -0.05) is 5.16 Å². The zero-order valence-electron chi connectivity index (χ0n) is 27.7. The molecule has 2 saturated heterocycles. The molecule has 2 aliphatic heterocycles. The summed E-state index contributed by atoms with van der Waals surface area (Å²) in [5.41, 5.74) is 2.34. The molecule has 16 nitrogen and oxygen atoms in total. The molecule has 3 heterocycles. The molecular weight excluding hydrogens is 677 g/mol. The van der Waals surface area contributed by atoms with Crippen LogP contribution in [-0.4, -0.2) is 115 Å². The monoisotopic (exact) mass is 718 g/mol. The number of thiazole rings is 1. The predicted octanol–water partition coefficient (Wildman–Crippen LogP) is 2.02. The largest absolute Gasteiger partial charge is 0.480 e. The summed E-state index contributed by atoms with van der Waals surface area (Å²) in [6.45, 7) is 13.0. The minimum absolute atomic E-state index is 0.0461. The Hall–Kier alpha value is -3.29. The van der Waals surface area contributed by atoms with Gasteiger partial charge in [-0.15, -0.1) is 34.9 Å². The van der Waals surface area contributed by atoms with E-state index in [1.165, 1.54) is 31.2 Å². The number of hydrogen-bond donors (Lipinski definition) is 4. The molecule has 3 rings (SSSR count). The van der Waals surface area contributed by atoms with E-state index in [0.29, 0.717) is 0 Å². The Labute approximate surface area is 285 Å². The number of fused-ring (bicyclic) bond motifs is 1. The number of carbonyl (C=O) groups excluding carboxylic acids is 4. The number of β-lactam (4-membered cyclic amide) rings is 1. The molecule has 1 unspecified atom stereocenters. The molecule has 19 heteroatoms. The summed E-state index contributed by atoms with van der Waals surface area (Å²) in [6, 6.07) is -1.69. The van der Waals surface area contributed by atoms with Crippen LogP contribution in [0.4, 0.5) is 9.93 Å². The molecule has 5 N–H and O–H groups in total. The molecule has 0 saturated carbocycles. The highest BCUT2D eigenvalue weighted by molar-refractivity contribution is 8.20. The van der Waals surface area contributed by atoms with E-state index in [1.54, 1.807) is 41.5 Å². The number of hydrogen-bond acceptors (Lipinski definition) is 15. The van der Waals surface area contributed by atoms with Gasteiger partial charge in [0.2, 0.25) is 11.5 Å². The maximum atomic E-state index is 13.5. The fourth-order valence-corrected chi connectivity index (χ4v) is 7.78. The Morgan fingerprint density at radius 2 is 1.81 bits per heavy atom. The van der Waals surface area contributed by atoms with Crippen LogP contribution in [0.25, 0.3) is 0 Å². The van der Waals surface area contributed by atoms with Crippen molar-refractivity contribution in [2.24, 2.45) is 5.16 Å². The number of carboxylic acid groups (broad SMARTS) is 1. The number of anilines is 1. The number of aromatic nitrogens is 1. The standard InChI is InChI=1S/C28H42N6O10S3/c1-25(2,3)42-22(39)27(7,8)44-33-16(15-12-45-23(29)31-15)18(35)32-17-19(36)34-13-28(21(37)38,47-20(17)34)46-11-14(10-41-9)30-24(40)43-26(4,5)6/h12,14,17,20H,10-11,13H2,1-9H3,(H2,29,31)(H,30,40)(H,32,35)(H,37,38)/b33-16-/t14?,17-,20-,28-/m1/s1. The van der Waals surface area contributed by atoms with E-state index >= 15 is 0 Å². The second-order valence-electron chi connectivity index (χ2n) is 13.2. The molecule has 47 heavy (non-hydrogen) atoms. The van der Waals surface area contributed by atoms with Crippen molar-refractivity contribution >= 4 is 75.6 Å². The van der Waals surface area contributed by atoms with Crippen LogP contribution in [0, 0.1) is 0 Å². The number of amides is 3. The first-order chi connectivity index (χ1) is 21.6. The van der Waals surface area contributed by atoms with Crippen molar-refractivity contribution in [2.45, 2.75) is 93.7 Å². The van der Waals surface area contributed by atoms with Gasteiger partial charge in [-0.2, -0.15) is 0 Å². The van der Waals surface area contributed by atoms with Crippen LogP contribution >= 0.6 is 34.9 Å². The maximum absolute atomic E-state index is 13.5. The lowest BCUT2D eigenvalue weighted by atomic mass is 10.1. The molecule has 0 bridgehead atoms. The van der Waals surface area contributed by atoms with Gasteiger partial charge in [-0.3, -0.25) is 9.59 Å². The second-order valence-corrected chi connectivity index (χ2v) is 17.1. The average Bonchev–Trinajstić information content (AvgIpc) is 3.51. The number of esters is 1. The molecule has 2 fully saturated rings. The summed E-state index contributed by atoms with van der Waals surface area (Å²) in [5, 5.41) is 20.4. The van der Waals surface area contributed by atoms with Crippen molar-refractivity contribution in [1.29, 1.82) is 0 Å². The lowest BCUT2D eigenvalue weighted by Crippen LogP contribution is -2.68. The molecule has 0 spiro atoms. The van der Waals surface area contributed by atoms with Crippen molar-refractivity contribution in [2.75, 3.05) is 31.7 Å². The van der Waals surface area contributed by atoms with Crippen molar-refractivity contribution in [3.63, 3.8) is 0 Å². The van der Waals surface area contributed by atoms with E-state index < -0.39 is 68.2 Å². The van der Waals surface area contributed by atoms with Crippen molar-refractivity contribution in [3.05, 3.63) is 11.1 Å². The van der Waals surface area contributed by atoms with Crippen LogP contribution in [0.5, 0.6) is 0 Å². The summed E-state index contributed by atoms with van der Waals surface area (Å²) >= 11 is 3.08. The molecule has 3 amide bonds. The van der Waals surface area contributed by atoms with E-state index in [9.17, 15) is 29.1 Å². The zero-order valence-corrected chi connectivity index (χ0v) is 30.1. The Morgan fingerprint density at radius 1 is 1.17 bits per heavy atom. The van der Waals surface area contributed by atoms with Gasteiger partial charge < -0.3 is 45.4 Å².